The highest BCUT2D eigenvalue weighted by Gasteiger charge is 2.21. The summed E-state index contributed by atoms with van der Waals surface area (Å²) in [7, 11) is 0. The molecular formula is C23H28N6O. The van der Waals surface area contributed by atoms with Gasteiger partial charge in [-0.05, 0) is 58.0 Å². The minimum Gasteiger partial charge on any atom is -0.348 e. The Bertz CT molecular complexity index is 960. The van der Waals surface area contributed by atoms with E-state index >= 15 is 0 Å². The second kappa shape index (κ2) is 9.17. The van der Waals surface area contributed by atoms with Gasteiger partial charge in [-0.3, -0.25) is 9.69 Å². The molecule has 0 radical (unpaired) electrons. The normalized spacial score (nSPS) is 19.5. The largest absolute Gasteiger partial charge is 0.348 e. The third kappa shape index (κ3) is 5.10. The zero-order valence-corrected chi connectivity index (χ0v) is 17.5. The van der Waals surface area contributed by atoms with Gasteiger partial charge in [-0.2, -0.15) is 0 Å². The number of tetrazole rings is 1. The van der Waals surface area contributed by atoms with Crippen LogP contribution in [0, 0.1) is 11.8 Å². The van der Waals surface area contributed by atoms with E-state index in [0.29, 0.717) is 12.1 Å². The van der Waals surface area contributed by atoms with E-state index in [1.165, 1.54) is 36.1 Å². The monoisotopic (exact) mass is 404 g/mol. The zero-order valence-electron chi connectivity index (χ0n) is 17.5. The standard InChI is InChI=1S/C23H28N6O/c1-17-10-18(2)14-28(13-17)15-20-8-6-19(7-9-20)12-24-23(30)21-4-3-5-22(11-21)29-16-25-26-27-29/h3-9,11,16-18H,10,12-15H2,1-2H3,(H,24,30). The van der Waals surface area contributed by atoms with Crippen LogP contribution in [0.3, 0.4) is 0 Å². The zero-order chi connectivity index (χ0) is 20.9. The Balaban J connectivity index is 1.32. The molecule has 1 N–H and O–H groups in total. The van der Waals surface area contributed by atoms with Crippen LogP contribution >= 0.6 is 0 Å². The van der Waals surface area contributed by atoms with E-state index in [4.69, 9.17) is 0 Å². The lowest BCUT2D eigenvalue weighted by Gasteiger charge is -2.35. The Morgan fingerprint density at radius 1 is 1.07 bits per heavy atom. The maximum absolute atomic E-state index is 12.6. The molecule has 0 bridgehead atoms. The third-order valence-corrected chi connectivity index (χ3v) is 5.55. The number of rotatable bonds is 6. The minimum atomic E-state index is -0.120. The smallest absolute Gasteiger partial charge is 0.251 e. The van der Waals surface area contributed by atoms with Gasteiger partial charge >= 0.3 is 0 Å². The van der Waals surface area contributed by atoms with Crippen molar-refractivity contribution >= 4 is 5.91 Å². The Hall–Kier alpha value is -3.06. The lowest BCUT2D eigenvalue weighted by atomic mass is 9.91. The molecule has 1 aliphatic heterocycles. The van der Waals surface area contributed by atoms with Crippen molar-refractivity contribution in [2.45, 2.75) is 33.4 Å². The summed E-state index contributed by atoms with van der Waals surface area (Å²) in [5, 5.41) is 14.1. The predicted molar refractivity (Wildman–Crippen MR) is 115 cm³/mol. The van der Waals surface area contributed by atoms with Gasteiger partial charge in [0.1, 0.15) is 6.33 Å². The lowest BCUT2D eigenvalue weighted by molar-refractivity contribution is 0.0951. The Kier molecular flexibility index (Phi) is 6.18. The Morgan fingerprint density at radius 2 is 1.80 bits per heavy atom. The van der Waals surface area contributed by atoms with Gasteiger partial charge in [0.2, 0.25) is 0 Å². The molecule has 1 aromatic heterocycles. The summed E-state index contributed by atoms with van der Waals surface area (Å²) in [6.45, 7) is 8.51. The fourth-order valence-corrected chi connectivity index (χ4v) is 4.30. The number of piperidine rings is 1. The van der Waals surface area contributed by atoms with Crippen LogP contribution in [-0.4, -0.2) is 44.1 Å². The lowest BCUT2D eigenvalue weighted by Crippen LogP contribution is -2.38. The summed E-state index contributed by atoms with van der Waals surface area (Å²) in [6.07, 6.45) is 2.83. The number of benzene rings is 2. The average molecular weight is 405 g/mol. The van der Waals surface area contributed by atoms with Crippen LogP contribution in [0.2, 0.25) is 0 Å². The quantitative estimate of drug-likeness (QED) is 0.683. The van der Waals surface area contributed by atoms with E-state index in [9.17, 15) is 4.79 Å². The molecule has 7 nitrogen and oxygen atoms in total. The molecule has 0 aliphatic carbocycles. The number of amides is 1. The molecule has 7 heteroatoms. The van der Waals surface area contributed by atoms with Gasteiger partial charge in [-0.15, -0.1) is 5.10 Å². The molecule has 0 spiro atoms. The van der Waals surface area contributed by atoms with Crippen molar-refractivity contribution < 1.29 is 4.79 Å². The molecule has 1 fully saturated rings. The second-order valence-corrected chi connectivity index (χ2v) is 8.44. The molecule has 2 heterocycles. The number of hydrogen-bond donors (Lipinski definition) is 1. The molecule has 1 aliphatic rings. The van der Waals surface area contributed by atoms with Crippen LogP contribution in [-0.2, 0) is 13.1 Å². The molecule has 1 amide bonds. The van der Waals surface area contributed by atoms with Crippen molar-refractivity contribution in [2.24, 2.45) is 11.8 Å². The van der Waals surface area contributed by atoms with Gasteiger partial charge in [0.25, 0.3) is 5.91 Å². The number of carbonyl (C=O) groups is 1. The molecule has 2 aromatic carbocycles. The number of carbonyl (C=O) groups excluding carboxylic acids is 1. The first kappa shape index (κ1) is 20.2. The van der Waals surface area contributed by atoms with E-state index in [-0.39, 0.29) is 5.91 Å². The van der Waals surface area contributed by atoms with Crippen LogP contribution in [0.4, 0.5) is 0 Å². The number of likely N-dealkylation sites (tertiary alicyclic amines) is 1. The first-order chi connectivity index (χ1) is 14.6. The molecule has 0 saturated carbocycles. The van der Waals surface area contributed by atoms with Crippen LogP contribution in [0.15, 0.2) is 54.9 Å². The minimum absolute atomic E-state index is 0.120. The maximum Gasteiger partial charge on any atom is 0.251 e. The number of nitrogens with zero attached hydrogens (tertiary/aromatic N) is 5. The molecule has 3 aromatic rings. The maximum atomic E-state index is 12.6. The number of nitrogens with one attached hydrogen (secondary N) is 1. The highest BCUT2D eigenvalue weighted by atomic mass is 16.1. The average Bonchev–Trinajstić information content (AvgIpc) is 3.27. The van der Waals surface area contributed by atoms with Crippen molar-refractivity contribution in [3.63, 3.8) is 0 Å². The fourth-order valence-electron chi connectivity index (χ4n) is 4.30. The summed E-state index contributed by atoms with van der Waals surface area (Å²) < 4.78 is 1.53. The van der Waals surface area contributed by atoms with Gasteiger partial charge in [0, 0.05) is 31.7 Å². The Morgan fingerprint density at radius 3 is 2.50 bits per heavy atom. The van der Waals surface area contributed by atoms with Crippen LogP contribution in [0.5, 0.6) is 0 Å². The van der Waals surface area contributed by atoms with Crippen LogP contribution in [0.1, 0.15) is 41.8 Å². The van der Waals surface area contributed by atoms with Crippen molar-refractivity contribution in [3.05, 3.63) is 71.5 Å². The predicted octanol–water partition coefficient (Wildman–Crippen LogP) is 3.07. The van der Waals surface area contributed by atoms with Crippen LogP contribution < -0.4 is 5.32 Å². The van der Waals surface area contributed by atoms with Crippen molar-refractivity contribution in [1.29, 1.82) is 0 Å². The van der Waals surface area contributed by atoms with Crippen molar-refractivity contribution in [1.82, 2.24) is 30.4 Å². The fraction of sp³-hybridized carbons (Fsp3) is 0.391. The molecule has 2 unspecified atom stereocenters. The summed E-state index contributed by atoms with van der Waals surface area (Å²) in [5.74, 6) is 1.41. The molecule has 30 heavy (non-hydrogen) atoms. The third-order valence-electron chi connectivity index (χ3n) is 5.55. The summed E-state index contributed by atoms with van der Waals surface area (Å²) in [5.41, 5.74) is 3.73. The van der Waals surface area contributed by atoms with Gasteiger partial charge in [0.15, 0.2) is 0 Å². The highest BCUT2D eigenvalue weighted by molar-refractivity contribution is 5.94. The number of hydrogen-bond acceptors (Lipinski definition) is 5. The first-order valence-electron chi connectivity index (χ1n) is 10.5. The van der Waals surface area contributed by atoms with E-state index in [1.54, 1.807) is 12.1 Å². The van der Waals surface area contributed by atoms with Gasteiger partial charge < -0.3 is 5.32 Å². The van der Waals surface area contributed by atoms with E-state index < -0.39 is 0 Å². The molecular weight excluding hydrogens is 376 g/mol. The van der Waals surface area contributed by atoms with Gasteiger partial charge in [0.05, 0.1) is 5.69 Å². The SMILES string of the molecule is CC1CC(C)CN(Cc2ccc(CNC(=O)c3cccc(-n4cnnn4)c3)cc2)C1. The number of aromatic nitrogens is 4. The first-order valence-corrected chi connectivity index (χ1v) is 10.5. The molecule has 156 valence electrons. The topological polar surface area (TPSA) is 75.9 Å². The van der Waals surface area contributed by atoms with Gasteiger partial charge in [-0.25, -0.2) is 4.68 Å². The van der Waals surface area contributed by atoms with E-state index in [2.05, 4.69) is 63.9 Å². The molecule has 2 atom stereocenters. The summed E-state index contributed by atoms with van der Waals surface area (Å²) >= 11 is 0. The van der Waals surface area contributed by atoms with Crippen LogP contribution in [0.25, 0.3) is 5.69 Å². The molecule has 1 saturated heterocycles. The highest BCUT2D eigenvalue weighted by Crippen LogP contribution is 2.22. The van der Waals surface area contributed by atoms with Gasteiger partial charge in [-0.1, -0.05) is 44.2 Å². The second-order valence-electron chi connectivity index (χ2n) is 8.44. The van der Waals surface area contributed by atoms with E-state index in [1.807, 2.05) is 12.1 Å². The van der Waals surface area contributed by atoms with E-state index in [0.717, 1.165) is 29.6 Å². The van der Waals surface area contributed by atoms with Crippen molar-refractivity contribution in [3.8, 4) is 5.69 Å². The summed E-state index contributed by atoms with van der Waals surface area (Å²) in [6, 6.07) is 15.8. The Labute approximate surface area is 177 Å². The van der Waals surface area contributed by atoms with Crippen molar-refractivity contribution in [2.75, 3.05) is 13.1 Å². The molecule has 4 rings (SSSR count). The summed E-state index contributed by atoms with van der Waals surface area (Å²) in [4.78, 5) is 15.1.